The van der Waals surface area contributed by atoms with Crippen LogP contribution in [-0.4, -0.2) is 31.6 Å². The fourth-order valence-corrected chi connectivity index (χ4v) is 1.51. The molecule has 1 aliphatic heterocycles. The van der Waals surface area contributed by atoms with Crippen LogP contribution in [0.1, 0.15) is 6.42 Å². The Balaban J connectivity index is 2.02. The molecule has 1 aliphatic rings. The molecular weight excluding hydrogens is 224 g/mol. The zero-order valence-corrected chi connectivity index (χ0v) is 9.34. The number of rotatable bonds is 3. The van der Waals surface area contributed by atoms with Crippen LogP contribution in [-0.2, 0) is 14.3 Å². The fraction of sp³-hybridized carbons (Fsp3) is 0.333. The molecule has 0 fully saturated rings. The molecule has 1 heterocycles. The van der Waals surface area contributed by atoms with Gasteiger partial charge in [-0.3, -0.25) is 9.59 Å². The number of Topliss-reactive ketones (excluding diaryl/α,β-unsaturated/α-hetero) is 1. The molecule has 0 radical (unpaired) electrons. The Morgan fingerprint density at radius 1 is 1.35 bits per heavy atom. The summed E-state index contributed by atoms with van der Waals surface area (Å²) in [4.78, 5) is 22.6. The van der Waals surface area contributed by atoms with Crippen LogP contribution in [0.2, 0.25) is 0 Å². The number of carbonyl (C=O) groups excluding carboxylic acids is 2. The van der Waals surface area contributed by atoms with E-state index in [0.29, 0.717) is 11.5 Å². The standard InChI is InChI=1S/C12H12O5/c1-15-12(14)6-8(13)11-7-16-9-4-2-3-5-10(9)17-11/h2-5,11H,6-7H2,1H3/t11-/m0/s1. The smallest absolute Gasteiger partial charge is 0.313 e. The van der Waals surface area contributed by atoms with Gasteiger partial charge < -0.3 is 14.2 Å². The molecule has 1 aromatic rings. The lowest BCUT2D eigenvalue weighted by Crippen LogP contribution is -2.37. The Morgan fingerprint density at radius 2 is 2.06 bits per heavy atom. The van der Waals surface area contributed by atoms with Gasteiger partial charge in [-0.05, 0) is 12.1 Å². The monoisotopic (exact) mass is 236 g/mol. The zero-order valence-electron chi connectivity index (χ0n) is 9.34. The van der Waals surface area contributed by atoms with E-state index >= 15 is 0 Å². The van der Waals surface area contributed by atoms with E-state index in [4.69, 9.17) is 9.47 Å². The van der Waals surface area contributed by atoms with Gasteiger partial charge in [-0.1, -0.05) is 12.1 Å². The topological polar surface area (TPSA) is 61.8 Å². The largest absolute Gasteiger partial charge is 0.485 e. The summed E-state index contributed by atoms with van der Waals surface area (Å²) in [6.07, 6.45) is -1.05. The van der Waals surface area contributed by atoms with Crippen molar-refractivity contribution < 1.29 is 23.8 Å². The highest BCUT2D eigenvalue weighted by atomic mass is 16.6. The molecule has 5 heteroatoms. The van der Waals surface area contributed by atoms with Crippen LogP contribution < -0.4 is 9.47 Å². The highest BCUT2D eigenvalue weighted by molar-refractivity contribution is 5.98. The van der Waals surface area contributed by atoms with Crippen LogP contribution in [0.15, 0.2) is 24.3 Å². The van der Waals surface area contributed by atoms with Gasteiger partial charge in [0.15, 0.2) is 23.4 Å². The molecule has 0 amide bonds. The van der Waals surface area contributed by atoms with Gasteiger partial charge in [-0.25, -0.2) is 0 Å². The molecule has 2 rings (SSSR count). The third-order valence-electron chi connectivity index (χ3n) is 2.41. The van der Waals surface area contributed by atoms with Crippen molar-refractivity contribution in [2.45, 2.75) is 12.5 Å². The highest BCUT2D eigenvalue weighted by Crippen LogP contribution is 2.31. The molecule has 90 valence electrons. The van der Waals surface area contributed by atoms with Crippen molar-refractivity contribution in [2.75, 3.05) is 13.7 Å². The number of carbonyl (C=O) groups is 2. The van der Waals surface area contributed by atoms with Gasteiger partial charge in [0.05, 0.1) is 7.11 Å². The summed E-state index contributed by atoms with van der Waals surface area (Å²) in [5.41, 5.74) is 0. The fourth-order valence-electron chi connectivity index (χ4n) is 1.51. The summed E-state index contributed by atoms with van der Waals surface area (Å²) in [7, 11) is 1.24. The molecule has 0 aromatic heterocycles. The van der Waals surface area contributed by atoms with E-state index in [1.807, 2.05) is 6.07 Å². The summed E-state index contributed by atoms with van der Waals surface area (Å²) in [6.45, 7) is 0.118. The van der Waals surface area contributed by atoms with Gasteiger partial charge in [-0.15, -0.1) is 0 Å². The molecule has 1 aromatic carbocycles. The first-order valence-corrected chi connectivity index (χ1v) is 5.18. The summed E-state index contributed by atoms with van der Waals surface area (Å²) >= 11 is 0. The second-order valence-electron chi connectivity index (χ2n) is 3.58. The number of esters is 1. The van der Waals surface area contributed by atoms with E-state index in [-0.39, 0.29) is 18.8 Å². The third-order valence-corrected chi connectivity index (χ3v) is 2.41. The average molecular weight is 236 g/mol. The Hall–Kier alpha value is -2.04. The van der Waals surface area contributed by atoms with Gasteiger partial charge in [-0.2, -0.15) is 0 Å². The molecule has 1 atom stereocenters. The number of hydrogen-bond acceptors (Lipinski definition) is 5. The lowest BCUT2D eigenvalue weighted by atomic mass is 10.1. The third kappa shape index (κ3) is 2.55. The van der Waals surface area contributed by atoms with E-state index in [1.54, 1.807) is 18.2 Å². The summed E-state index contributed by atoms with van der Waals surface area (Å²) in [5.74, 6) is 0.209. The van der Waals surface area contributed by atoms with Crippen LogP contribution in [0.25, 0.3) is 0 Å². The van der Waals surface area contributed by atoms with Gasteiger partial charge >= 0.3 is 5.97 Å². The Labute approximate surface area is 98.3 Å². The first-order chi connectivity index (χ1) is 8.20. The minimum absolute atomic E-state index is 0.118. The van der Waals surface area contributed by atoms with E-state index in [2.05, 4.69) is 4.74 Å². The van der Waals surface area contributed by atoms with Crippen LogP contribution in [0.4, 0.5) is 0 Å². The molecule has 17 heavy (non-hydrogen) atoms. The maximum atomic E-state index is 11.7. The molecular formula is C12H12O5. The van der Waals surface area contributed by atoms with Crippen LogP contribution in [0.3, 0.4) is 0 Å². The molecule has 0 N–H and O–H groups in total. The summed E-state index contributed by atoms with van der Waals surface area (Å²) in [6, 6.07) is 7.08. The number of ketones is 1. The highest BCUT2D eigenvalue weighted by Gasteiger charge is 2.28. The molecule has 0 unspecified atom stereocenters. The number of para-hydroxylation sites is 2. The van der Waals surface area contributed by atoms with Crippen molar-refractivity contribution in [2.24, 2.45) is 0 Å². The van der Waals surface area contributed by atoms with E-state index in [9.17, 15) is 9.59 Å². The molecule has 0 saturated carbocycles. The molecule has 0 bridgehead atoms. The lowest BCUT2D eigenvalue weighted by molar-refractivity contribution is -0.145. The average Bonchev–Trinajstić information content (AvgIpc) is 2.38. The predicted molar refractivity (Wildman–Crippen MR) is 58.0 cm³/mol. The van der Waals surface area contributed by atoms with Crippen molar-refractivity contribution in [3.05, 3.63) is 24.3 Å². The first kappa shape index (κ1) is 11.4. The number of benzene rings is 1. The Kier molecular flexibility index (Phi) is 3.27. The van der Waals surface area contributed by atoms with Crippen molar-refractivity contribution in [3.63, 3.8) is 0 Å². The second-order valence-corrected chi connectivity index (χ2v) is 3.58. The summed E-state index contributed by atoms with van der Waals surface area (Å²) < 4.78 is 15.3. The van der Waals surface area contributed by atoms with Gasteiger partial charge in [0.2, 0.25) is 0 Å². The SMILES string of the molecule is COC(=O)CC(=O)[C@@H]1COc2ccccc2O1. The van der Waals surface area contributed by atoms with Crippen molar-refractivity contribution in [1.82, 2.24) is 0 Å². The minimum Gasteiger partial charge on any atom is -0.485 e. The van der Waals surface area contributed by atoms with Crippen molar-refractivity contribution in [1.29, 1.82) is 0 Å². The number of hydrogen-bond donors (Lipinski definition) is 0. The Bertz CT molecular complexity index is 440. The summed E-state index contributed by atoms with van der Waals surface area (Å²) in [5, 5.41) is 0. The number of ether oxygens (including phenoxy) is 3. The van der Waals surface area contributed by atoms with Gasteiger partial charge in [0.1, 0.15) is 13.0 Å². The van der Waals surface area contributed by atoms with Gasteiger partial charge in [0.25, 0.3) is 0 Å². The first-order valence-electron chi connectivity index (χ1n) is 5.18. The Morgan fingerprint density at radius 3 is 2.76 bits per heavy atom. The van der Waals surface area contributed by atoms with Crippen molar-refractivity contribution >= 4 is 11.8 Å². The van der Waals surface area contributed by atoms with Crippen LogP contribution in [0.5, 0.6) is 11.5 Å². The molecule has 0 spiro atoms. The predicted octanol–water partition coefficient (Wildman–Crippen LogP) is 0.959. The maximum absolute atomic E-state index is 11.7. The normalized spacial score (nSPS) is 17.4. The molecule has 5 nitrogen and oxygen atoms in total. The van der Waals surface area contributed by atoms with E-state index in [0.717, 1.165) is 0 Å². The quantitative estimate of drug-likeness (QED) is 0.577. The van der Waals surface area contributed by atoms with Crippen molar-refractivity contribution in [3.8, 4) is 11.5 Å². The second kappa shape index (κ2) is 4.86. The van der Waals surface area contributed by atoms with E-state index in [1.165, 1.54) is 7.11 Å². The van der Waals surface area contributed by atoms with Crippen LogP contribution in [0, 0.1) is 0 Å². The number of fused-ring (bicyclic) bond motifs is 1. The zero-order chi connectivity index (χ0) is 12.3. The van der Waals surface area contributed by atoms with E-state index < -0.39 is 12.1 Å². The molecule has 0 saturated heterocycles. The molecule has 0 aliphatic carbocycles. The lowest BCUT2D eigenvalue weighted by Gasteiger charge is -2.25. The van der Waals surface area contributed by atoms with Crippen LogP contribution >= 0.6 is 0 Å². The minimum atomic E-state index is -0.746. The maximum Gasteiger partial charge on any atom is 0.313 e. The number of methoxy groups -OCH3 is 1. The van der Waals surface area contributed by atoms with Gasteiger partial charge in [0, 0.05) is 0 Å².